The van der Waals surface area contributed by atoms with Gasteiger partial charge < -0.3 is 0 Å². The number of hydrogen-bond donors (Lipinski definition) is 0. The molecule has 9 aromatic rings. The van der Waals surface area contributed by atoms with E-state index < -0.39 is 0 Å². The van der Waals surface area contributed by atoms with Crippen LogP contribution in [0.3, 0.4) is 0 Å². The van der Waals surface area contributed by atoms with Gasteiger partial charge in [-0.05, 0) is 97.8 Å². The zero-order valence-corrected chi connectivity index (χ0v) is 27.8. The summed E-state index contributed by atoms with van der Waals surface area (Å²) in [6, 6.07) is 52.7. The molecule has 1 aliphatic carbocycles. The van der Waals surface area contributed by atoms with Crippen LogP contribution in [0.5, 0.6) is 0 Å². The van der Waals surface area contributed by atoms with Gasteiger partial charge in [-0.3, -0.25) is 13.7 Å². The van der Waals surface area contributed by atoms with Crippen molar-refractivity contribution in [1.29, 1.82) is 0 Å². The minimum Gasteiger partial charge on any atom is -0.293 e. The highest BCUT2D eigenvalue weighted by Gasteiger charge is 2.22. The number of imidazole rings is 3. The molecule has 6 nitrogen and oxygen atoms in total. The molecule has 6 aromatic carbocycles. The maximum Gasteiger partial charge on any atom is 0.145 e. The summed E-state index contributed by atoms with van der Waals surface area (Å²) in [6.07, 6.45) is 8.81. The van der Waals surface area contributed by atoms with Crippen LogP contribution in [0.4, 0.5) is 0 Å². The van der Waals surface area contributed by atoms with Crippen LogP contribution in [0.25, 0.3) is 84.3 Å². The number of hydrogen-bond acceptors (Lipinski definition) is 3. The molecule has 0 aliphatic heterocycles. The minimum absolute atomic E-state index is 0.854. The molecule has 3 heterocycles. The van der Waals surface area contributed by atoms with E-state index in [0.717, 1.165) is 97.2 Å². The van der Waals surface area contributed by atoms with Gasteiger partial charge >= 0.3 is 0 Å². The molecule has 0 spiro atoms. The van der Waals surface area contributed by atoms with Crippen LogP contribution in [0, 0.1) is 0 Å². The molecule has 3 aromatic heterocycles. The van der Waals surface area contributed by atoms with Gasteiger partial charge in [0.05, 0.1) is 33.1 Å². The van der Waals surface area contributed by atoms with Crippen LogP contribution < -0.4 is 0 Å². The molecule has 0 saturated carbocycles. The van der Waals surface area contributed by atoms with Crippen molar-refractivity contribution in [3.05, 3.63) is 170 Å². The summed E-state index contributed by atoms with van der Waals surface area (Å²) in [7, 11) is 0. The lowest BCUT2D eigenvalue weighted by molar-refractivity contribution is 1.01. The first kappa shape index (κ1) is 29.2. The Bertz CT molecular complexity index is 2660. The molecule has 242 valence electrons. The predicted molar refractivity (Wildman–Crippen MR) is 208 cm³/mol. The lowest BCUT2D eigenvalue weighted by atomic mass is 10.0. The van der Waals surface area contributed by atoms with Gasteiger partial charge in [-0.2, -0.15) is 0 Å². The summed E-state index contributed by atoms with van der Waals surface area (Å²) in [4.78, 5) is 15.9. The summed E-state index contributed by atoms with van der Waals surface area (Å²) in [5.74, 6) is 2.58. The van der Waals surface area contributed by atoms with Crippen LogP contribution in [0.2, 0.25) is 0 Å². The van der Waals surface area contributed by atoms with E-state index in [9.17, 15) is 0 Å². The maximum atomic E-state index is 5.31. The number of aromatic nitrogens is 6. The molecular formula is C45H32N6. The second-order valence-electron chi connectivity index (χ2n) is 12.9. The van der Waals surface area contributed by atoms with Crippen molar-refractivity contribution in [2.75, 3.05) is 0 Å². The number of benzene rings is 6. The van der Waals surface area contributed by atoms with E-state index in [0.29, 0.717) is 0 Å². The molecule has 0 amide bonds. The molecular weight excluding hydrogens is 625 g/mol. The van der Waals surface area contributed by atoms with Crippen molar-refractivity contribution in [1.82, 2.24) is 28.7 Å². The Labute approximate surface area is 294 Å². The van der Waals surface area contributed by atoms with Crippen molar-refractivity contribution < 1.29 is 0 Å². The largest absolute Gasteiger partial charge is 0.293 e. The molecule has 0 saturated heterocycles. The van der Waals surface area contributed by atoms with Crippen molar-refractivity contribution in [3.8, 4) is 45.5 Å². The summed E-state index contributed by atoms with van der Waals surface area (Å²) in [5.41, 5.74) is 12.2. The van der Waals surface area contributed by atoms with Crippen LogP contribution in [-0.4, -0.2) is 28.7 Å². The van der Waals surface area contributed by atoms with Crippen LogP contribution >= 0.6 is 0 Å². The average Bonchev–Trinajstić information content (AvgIpc) is 3.91. The third-order valence-electron chi connectivity index (χ3n) is 9.65. The highest BCUT2D eigenvalue weighted by atomic mass is 15.1. The van der Waals surface area contributed by atoms with Gasteiger partial charge in [0.15, 0.2) is 0 Å². The predicted octanol–water partition coefficient (Wildman–Crippen LogP) is 10.9. The van der Waals surface area contributed by atoms with E-state index in [2.05, 4.69) is 159 Å². The van der Waals surface area contributed by atoms with Crippen molar-refractivity contribution in [2.45, 2.75) is 12.8 Å². The van der Waals surface area contributed by atoms with E-state index in [1.807, 2.05) is 24.3 Å². The Hall–Kier alpha value is -6.79. The molecule has 51 heavy (non-hydrogen) atoms. The normalized spacial score (nSPS) is 13.0. The fraction of sp³-hybridized carbons (Fsp3) is 0.0444. The summed E-state index contributed by atoms with van der Waals surface area (Å²) < 4.78 is 6.82. The summed E-state index contributed by atoms with van der Waals surface area (Å²) >= 11 is 0. The van der Waals surface area contributed by atoms with E-state index in [1.54, 1.807) is 0 Å². The van der Waals surface area contributed by atoms with Gasteiger partial charge in [0.2, 0.25) is 0 Å². The quantitative estimate of drug-likeness (QED) is 0.179. The first-order chi connectivity index (χ1) is 25.3. The van der Waals surface area contributed by atoms with Gasteiger partial charge in [-0.1, -0.05) is 84.9 Å². The van der Waals surface area contributed by atoms with Crippen LogP contribution in [-0.2, 0) is 0 Å². The highest BCUT2D eigenvalue weighted by Crippen LogP contribution is 2.39. The van der Waals surface area contributed by atoms with Gasteiger partial charge in [-0.25, -0.2) is 15.0 Å². The standard InChI is InChI=1S/C45H32N6/c1-4-16-34(17-5-1)49-40-25-13-10-22-37(40)46-43(49)31-28-32(44-47-38-23-11-14-26-41(38)50(44)35-18-6-2-7-19-35)30-33(29-31)45-48-39-24-12-15-27-42(39)51(45)36-20-8-3-9-21-36/h1-2,4-8,10-30H,3,9H2. The van der Waals surface area contributed by atoms with Gasteiger partial charge in [0, 0.05) is 33.8 Å². The lowest BCUT2D eigenvalue weighted by Gasteiger charge is -2.16. The molecule has 0 unspecified atom stereocenters. The fourth-order valence-electron chi connectivity index (χ4n) is 7.38. The molecule has 0 N–H and O–H groups in total. The highest BCUT2D eigenvalue weighted by molar-refractivity contribution is 5.91. The zero-order valence-electron chi connectivity index (χ0n) is 27.8. The van der Waals surface area contributed by atoms with E-state index in [4.69, 9.17) is 15.0 Å². The first-order valence-electron chi connectivity index (χ1n) is 17.4. The second-order valence-corrected chi connectivity index (χ2v) is 12.9. The van der Waals surface area contributed by atoms with Gasteiger partial charge in [-0.15, -0.1) is 0 Å². The monoisotopic (exact) mass is 656 g/mol. The van der Waals surface area contributed by atoms with Gasteiger partial charge in [0.1, 0.15) is 17.5 Å². The molecule has 0 atom stereocenters. The zero-order chi connectivity index (χ0) is 33.7. The fourth-order valence-corrected chi connectivity index (χ4v) is 7.38. The van der Waals surface area contributed by atoms with Crippen LogP contribution in [0.1, 0.15) is 12.8 Å². The maximum absolute atomic E-state index is 5.31. The number of allylic oxidation sites excluding steroid dienone is 4. The molecule has 0 bridgehead atoms. The van der Waals surface area contributed by atoms with Crippen molar-refractivity contribution in [3.63, 3.8) is 0 Å². The van der Waals surface area contributed by atoms with E-state index >= 15 is 0 Å². The Morgan fingerprint density at radius 2 is 0.784 bits per heavy atom. The minimum atomic E-state index is 0.854. The topological polar surface area (TPSA) is 53.5 Å². The molecule has 6 heteroatoms. The third kappa shape index (κ3) is 4.91. The Balaban J connectivity index is 1.31. The Morgan fingerprint density at radius 3 is 1.22 bits per heavy atom. The molecule has 10 rings (SSSR count). The Kier molecular flexibility index (Phi) is 6.84. The SMILES string of the molecule is C1=CC(n2c(-c3cc(-c4nc5ccccc5n4-c4ccccc4)cc(-c4nc5ccccc5n4-c4ccccc4)c3)nc3ccccc32)=CCC1. The number of nitrogens with zero attached hydrogens (tertiary/aromatic N) is 6. The van der Waals surface area contributed by atoms with Crippen LogP contribution in [0.15, 0.2) is 170 Å². The molecule has 0 radical (unpaired) electrons. The smallest absolute Gasteiger partial charge is 0.145 e. The molecule has 0 fully saturated rings. The number of rotatable bonds is 6. The second kappa shape index (κ2) is 12.0. The Morgan fingerprint density at radius 1 is 0.392 bits per heavy atom. The summed E-state index contributed by atoms with van der Waals surface area (Å²) in [6.45, 7) is 0. The summed E-state index contributed by atoms with van der Waals surface area (Å²) in [5, 5.41) is 0. The van der Waals surface area contributed by atoms with E-state index in [1.165, 1.54) is 0 Å². The van der Waals surface area contributed by atoms with Crippen molar-refractivity contribution >= 4 is 38.8 Å². The van der Waals surface area contributed by atoms with Gasteiger partial charge in [0.25, 0.3) is 0 Å². The number of fused-ring (bicyclic) bond motifs is 3. The first-order valence-corrected chi connectivity index (χ1v) is 17.4. The number of para-hydroxylation sites is 8. The van der Waals surface area contributed by atoms with E-state index in [-0.39, 0.29) is 0 Å². The van der Waals surface area contributed by atoms with Crippen molar-refractivity contribution in [2.24, 2.45) is 0 Å². The third-order valence-corrected chi connectivity index (χ3v) is 9.65. The molecule has 1 aliphatic rings. The average molecular weight is 657 g/mol. The lowest BCUT2D eigenvalue weighted by Crippen LogP contribution is -2.03.